The first-order chi connectivity index (χ1) is 24.8. The van der Waals surface area contributed by atoms with Gasteiger partial charge in [-0.15, -0.1) is 0 Å². The van der Waals surface area contributed by atoms with Crippen LogP contribution in [0.2, 0.25) is 0 Å². The summed E-state index contributed by atoms with van der Waals surface area (Å²) in [5.74, 6) is 2.51. The minimum atomic E-state index is -0.301. The third-order valence-corrected chi connectivity index (χ3v) is 8.69. The quantitative estimate of drug-likeness (QED) is 0.122. The molecule has 2 heterocycles. The molecule has 296 valence electrons. The summed E-state index contributed by atoms with van der Waals surface area (Å²) in [6.45, 7) is 34.5. The minimum Gasteiger partial charge on any atom is -0.426 e. The summed E-state index contributed by atoms with van der Waals surface area (Å²) < 4.78 is 15.3. The Kier molecular flexibility index (Phi) is 14.0. The average molecular weight is 743 g/mol. The third kappa shape index (κ3) is 12.0. The van der Waals surface area contributed by atoms with E-state index in [-0.39, 0.29) is 33.6 Å². The van der Waals surface area contributed by atoms with Crippen molar-refractivity contribution in [3.8, 4) is 11.5 Å². The van der Waals surface area contributed by atoms with Gasteiger partial charge >= 0.3 is 11.9 Å². The molecule has 0 bridgehead atoms. The van der Waals surface area contributed by atoms with Crippen LogP contribution in [0.5, 0.6) is 11.5 Å². The average Bonchev–Trinajstić information content (AvgIpc) is 3.65. The number of ether oxygens (including phenoxy) is 2. The molecule has 54 heavy (non-hydrogen) atoms. The summed E-state index contributed by atoms with van der Waals surface area (Å²) >= 11 is 0. The Morgan fingerprint density at radius 1 is 0.630 bits per heavy atom. The van der Waals surface area contributed by atoms with Crippen LogP contribution in [0, 0.1) is 0 Å². The highest BCUT2D eigenvalue weighted by Crippen LogP contribution is 2.44. The number of esters is 2. The molecule has 0 fully saturated rings. The smallest absolute Gasteiger partial charge is 0.308 e. The first-order valence-corrected chi connectivity index (χ1v) is 19.2. The summed E-state index contributed by atoms with van der Waals surface area (Å²) in [7, 11) is 0. The van der Waals surface area contributed by atoms with Crippen LogP contribution in [-0.2, 0) is 44.3 Å². The maximum absolute atomic E-state index is 11.8. The van der Waals surface area contributed by atoms with Crippen LogP contribution >= 0.6 is 0 Å². The number of aromatic nitrogens is 4. The fourth-order valence-electron chi connectivity index (χ4n) is 6.04. The fraction of sp³-hybridized carbons (Fsp3) is 0.545. The highest BCUT2D eigenvalue weighted by Gasteiger charge is 2.30. The molecule has 0 amide bonds. The van der Waals surface area contributed by atoms with E-state index in [1.54, 1.807) is 6.20 Å². The molecule has 0 unspecified atom stereocenters. The van der Waals surface area contributed by atoms with Gasteiger partial charge < -0.3 is 20.1 Å². The lowest BCUT2D eigenvalue weighted by atomic mass is 9.79. The van der Waals surface area contributed by atoms with E-state index in [2.05, 4.69) is 142 Å². The SMILES string of the molecule is CCCn1ccc(Nc2cc(C(C)(C)C)c(OC(C)=O)c(C(C)(C)C)c2)n1.CCCn1nccc1Nc1cc(C(C)(C)C)c(OC(C)=O)c(C(C)(C)C)c1. The van der Waals surface area contributed by atoms with Crippen LogP contribution in [0.1, 0.15) is 146 Å². The van der Waals surface area contributed by atoms with Crippen molar-refractivity contribution in [3.05, 3.63) is 71.0 Å². The van der Waals surface area contributed by atoms with E-state index in [1.165, 1.54) is 13.8 Å². The maximum atomic E-state index is 11.8. The van der Waals surface area contributed by atoms with Gasteiger partial charge in [-0.2, -0.15) is 10.2 Å². The second kappa shape index (κ2) is 17.2. The topological polar surface area (TPSA) is 112 Å². The van der Waals surface area contributed by atoms with Gasteiger partial charge in [-0.3, -0.25) is 14.3 Å². The van der Waals surface area contributed by atoms with Crippen molar-refractivity contribution >= 4 is 34.9 Å². The van der Waals surface area contributed by atoms with Gasteiger partial charge in [0.2, 0.25) is 0 Å². The molecule has 0 saturated heterocycles. The molecule has 0 saturated carbocycles. The molecule has 10 nitrogen and oxygen atoms in total. The normalized spacial score (nSPS) is 12.1. The van der Waals surface area contributed by atoms with Gasteiger partial charge in [-0.05, 0) is 58.8 Å². The summed E-state index contributed by atoms with van der Waals surface area (Å²) in [6, 6.07) is 12.2. The number of anilines is 4. The lowest BCUT2D eigenvalue weighted by molar-refractivity contribution is -0.133. The second-order valence-electron chi connectivity index (χ2n) is 18.1. The molecular weight excluding hydrogens is 677 g/mol. The van der Waals surface area contributed by atoms with Crippen LogP contribution in [0.15, 0.2) is 48.8 Å². The predicted molar refractivity (Wildman–Crippen MR) is 222 cm³/mol. The second-order valence-corrected chi connectivity index (χ2v) is 18.1. The Hall–Kier alpha value is -4.60. The van der Waals surface area contributed by atoms with E-state index in [1.807, 2.05) is 27.7 Å². The molecule has 0 aliphatic heterocycles. The van der Waals surface area contributed by atoms with Crippen molar-refractivity contribution in [2.75, 3.05) is 10.6 Å². The van der Waals surface area contributed by atoms with Gasteiger partial charge in [0.15, 0.2) is 5.82 Å². The summed E-state index contributed by atoms with van der Waals surface area (Å²) in [5, 5.41) is 15.9. The van der Waals surface area contributed by atoms with Crippen molar-refractivity contribution in [3.63, 3.8) is 0 Å². The number of benzene rings is 2. The van der Waals surface area contributed by atoms with Crippen LogP contribution in [0.4, 0.5) is 23.0 Å². The first-order valence-electron chi connectivity index (χ1n) is 19.2. The molecule has 0 atom stereocenters. The van der Waals surface area contributed by atoms with Gasteiger partial charge in [-0.1, -0.05) is 96.9 Å². The molecule has 2 aromatic heterocycles. The molecular formula is C44H66N6O4. The summed E-state index contributed by atoms with van der Waals surface area (Å²) in [4.78, 5) is 23.5. The number of nitrogens with zero attached hydrogens (tertiary/aromatic N) is 4. The Labute approximate surface area is 324 Å². The lowest BCUT2D eigenvalue weighted by Crippen LogP contribution is -2.21. The van der Waals surface area contributed by atoms with E-state index < -0.39 is 0 Å². The Bertz CT molecular complexity index is 1820. The van der Waals surface area contributed by atoms with E-state index in [4.69, 9.17) is 9.47 Å². The van der Waals surface area contributed by atoms with Crippen LogP contribution in [-0.4, -0.2) is 31.5 Å². The number of hydrogen-bond donors (Lipinski definition) is 2. The molecule has 0 aliphatic carbocycles. The molecule has 4 rings (SSSR count). The zero-order valence-corrected chi connectivity index (χ0v) is 35.9. The molecule has 0 spiro atoms. The maximum Gasteiger partial charge on any atom is 0.308 e. The molecule has 0 aliphatic rings. The fourth-order valence-corrected chi connectivity index (χ4v) is 6.04. The van der Waals surface area contributed by atoms with Crippen molar-refractivity contribution < 1.29 is 19.1 Å². The zero-order valence-electron chi connectivity index (χ0n) is 35.9. The summed E-state index contributed by atoms with van der Waals surface area (Å²) in [5.41, 5.74) is 5.23. The number of hydrogen-bond acceptors (Lipinski definition) is 8. The lowest BCUT2D eigenvalue weighted by Gasteiger charge is -2.30. The number of aryl methyl sites for hydroxylation is 2. The van der Waals surface area contributed by atoms with E-state index in [0.717, 1.165) is 71.2 Å². The van der Waals surface area contributed by atoms with E-state index in [9.17, 15) is 9.59 Å². The zero-order chi connectivity index (χ0) is 40.8. The number of carbonyl (C=O) groups is 2. The van der Waals surface area contributed by atoms with E-state index >= 15 is 0 Å². The molecule has 4 aromatic rings. The number of carbonyl (C=O) groups excluding carboxylic acids is 2. The molecule has 0 radical (unpaired) electrons. The van der Waals surface area contributed by atoms with Crippen molar-refractivity contribution in [2.45, 2.75) is 158 Å². The Morgan fingerprint density at radius 2 is 1.04 bits per heavy atom. The van der Waals surface area contributed by atoms with Gasteiger partial charge in [0.1, 0.15) is 17.3 Å². The van der Waals surface area contributed by atoms with Crippen molar-refractivity contribution in [1.29, 1.82) is 0 Å². The van der Waals surface area contributed by atoms with Crippen LogP contribution in [0.3, 0.4) is 0 Å². The highest BCUT2D eigenvalue weighted by atomic mass is 16.5. The standard InChI is InChI=1S/2C22H33N3O2/c1-9-12-25-19(10-11-23-25)24-16-13-17(21(3,4)5)20(27-15(2)26)18(14-16)22(6,7)8;1-9-11-25-12-10-19(24-25)23-16-13-17(21(3,4)5)20(27-15(2)26)18(14-16)22(6,7)8/h10-11,13-14,24H,9,12H2,1-8H3;10,12-14H,9,11H2,1-8H3,(H,23,24). The van der Waals surface area contributed by atoms with Crippen molar-refractivity contribution in [2.24, 2.45) is 0 Å². The van der Waals surface area contributed by atoms with Gasteiger partial charge in [0.05, 0.1) is 6.20 Å². The monoisotopic (exact) mass is 743 g/mol. The van der Waals surface area contributed by atoms with Gasteiger partial charge in [0.25, 0.3) is 0 Å². The highest BCUT2D eigenvalue weighted by molar-refractivity contribution is 5.74. The predicted octanol–water partition coefficient (Wildman–Crippen LogP) is 11.1. The minimum absolute atomic E-state index is 0.174. The number of nitrogens with one attached hydrogen (secondary N) is 2. The first kappa shape index (κ1) is 43.8. The molecule has 2 N–H and O–H groups in total. The summed E-state index contributed by atoms with van der Waals surface area (Å²) in [6.07, 6.45) is 5.84. The van der Waals surface area contributed by atoms with E-state index in [0.29, 0.717) is 11.5 Å². The molecule has 10 heteroatoms. The Balaban J connectivity index is 0.000000290. The third-order valence-electron chi connectivity index (χ3n) is 8.69. The van der Waals surface area contributed by atoms with Crippen LogP contribution in [0.25, 0.3) is 0 Å². The van der Waals surface area contributed by atoms with Crippen molar-refractivity contribution in [1.82, 2.24) is 19.6 Å². The van der Waals surface area contributed by atoms with Gasteiger partial charge in [0, 0.05) is 78.9 Å². The largest absolute Gasteiger partial charge is 0.426 e. The van der Waals surface area contributed by atoms with Gasteiger partial charge in [-0.25, -0.2) is 4.68 Å². The number of rotatable bonds is 10. The molecule has 2 aromatic carbocycles. The Morgan fingerprint density at radius 3 is 1.41 bits per heavy atom. The van der Waals surface area contributed by atoms with Crippen LogP contribution < -0.4 is 20.1 Å².